The highest BCUT2D eigenvalue weighted by Gasteiger charge is 2.09. The molecule has 0 fully saturated rings. The summed E-state index contributed by atoms with van der Waals surface area (Å²) in [5.74, 6) is 0. The smallest absolute Gasteiger partial charge is 0.0925 e. The molecule has 2 heterocycles. The number of nitrogens with zero attached hydrogens (tertiary/aromatic N) is 1. The topological polar surface area (TPSA) is 37.9 Å². The summed E-state index contributed by atoms with van der Waals surface area (Å²) in [6.45, 7) is 1.52. The Bertz CT molecular complexity index is 186. The number of aromatic nitrogens is 2. The van der Waals surface area contributed by atoms with Crippen molar-refractivity contribution in [3.63, 3.8) is 0 Å². The van der Waals surface area contributed by atoms with Crippen molar-refractivity contribution < 1.29 is 4.74 Å². The Kier molecular flexibility index (Phi) is 1.02. The minimum atomic E-state index is 0.704. The van der Waals surface area contributed by atoms with Crippen LogP contribution in [0.15, 0.2) is 6.33 Å². The molecule has 3 heteroatoms. The number of aromatic amines is 1. The molecule has 1 N–H and O–H groups in total. The van der Waals surface area contributed by atoms with Gasteiger partial charge in [-0.2, -0.15) is 0 Å². The Labute approximate surface area is 53.1 Å². The van der Waals surface area contributed by atoms with E-state index in [1.54, 1.807) is 6.33 Å². The number of rotatable bonds is 0. The Morgan fingerprint density at radius 1 is 1.67 bits per heavy atom. The van der Waals surface area contributed by atoms with Crippen molar-refractivity contribution >= 4 is 0 Å². The van der Waals surface area contributed by atoms with E-state index < -0.39 is 0 Å². The first-order valence-corrected chi connectivity index (χ1v) is 3.05. The van der Waals surface area contributed by atoms with Crippen LogP contribution in [0.4, 0.5) is 0 Å². The molecule has 0 aromatic carbocycles. The molecule has 1 aliphatic heterocycles. The Morgan fingerprint density at radius 3 is 3.56 bits per heavy atom. The summed E-state index contributed by atoms with van der Waals surface area (Å²) in [5.41, 5.74) is 2.31. The number of H-pyrrole nitrogens is 1. The monoisotopic (exact) mass is 124 g/mol. The van der Waals surface area contributed by atoms with Crippen LogP contribution in [0, 0.1) is 0 Å². The van der Waals surface area contributed by atoms with Crippen molar-refractivity contribution in [1.29, 1.82) is 0 Å². The standard InChI is InChI=1S/C6H8N2O/c1-2-9-3-6-5(1)7-4-8-6/h4H,1-3H2,(H,7,8). The number of ether oxygens (including phenoxy) is 1. The Hall–Kier alpha value is -0.830. The summed E-state index contributed by atoms with van der Waals surface area (Å²) < 4.78 is 5.18. The molecular formula is C6H8N2O. The maximum Gasteiger partial charge on any atom is 0.0925 e. The Balaban J connectivity index is 2.39. The minimum absolute atomic E-state index is 0.704. The van der Waals surface area contributed by atoms with Gasteiger partial charge in [-0.3, -0.25) is 0 Å². The molecule has 1 aliphatic rings. The number of imidazole rings is 1. The van der Waals surface area contributed by atoms with Crippen LogP contribution in [0.5, 0.6) is 0 Å². The van der Waals surface area contributed by atoms with Crippen LogP contribution in [0.25, 0.3) is 0 Å². The molecule has 0 aliphatic carbocycles. The van der Waals surface area contributed by atoms with Gasteiger partial charge in [-0.15, -0.1) is 0 Å². The van der Waals surface area contributed by atoms with E-state index in [1.165, 1.54) is 5.69 Å². The predicted molar refractivity (Wildman–Crippen MR) is 31.9 cm³/mol. The number of fused-ring (bicyclic) bond motifs is 1. The molecule has 0 saturated heterocycles. The second-order valence-corrected chi connectivity index (χ2v) is 2.13. The normalized spacial score (nSPS) is 17.3. The third-order valence-electron chi connectivity index (χ3n) is 1.54. The third-order valence-corrected chi connectivity index (χ3v) is 1.54. The average molecular weight is 124 g/mol. The van der Waals surface area contributed by atoms with E-state index in [9.17, 15) is 0 Å². The van der Waals surface area contributed by atoms with Gasteiger partial charge in [0.2, 0.25) is 0 Å². The van der Waals surface area contributed by atoms with Crippen LogP contribution in [-0.4, -0.2) is 16.6 Å². The van der Waals surface area contributed by atoms with Crippen LogP contribution in [0.3, 0.4) is 0 Å². The molecule has 3 nitrogen and oxygen atoms in total. The highest BCUT2D eigenvalue weighted by molar-refractivity contribution is 5.11. The predicted octanol–water partition coefficient (Wildman–Crippen LogP) is 0.482. The Morgan fingerprint density at radius 2 is 2.67 bits per heavy atom. The fourth-order valence-corrected chi connectivity index (χ4v) is 1.03. The molecule has 0 unspecified atom stereocenters. The van der Waals surface area contributed by atoms with E-state index in [1.807, 2.05) is 0 Å². The fraction of sp³-hybridized carbons (Fsp3) is 0.500. The first-order valence-electron chi connectivity index (χ1n) is 3.05. The van der Waals surface area contributed by atoms with Crippen LogP contribution >= 0.6 is 0 Å². The van der Waals surface area contributed by atoms with E-state index in [-0.39, 0.29) is 0 Å². The number of nitrogens with one attached hydrogen (secondary N) is 1. The van der Waals surface area contributed by atoms with Crippen LogP contribution in [-0.2, 0) is 17.8 Å². The third kappa shape index (κ3) is 0.733. The second-order valence-electron chi connectivity index (χ2n) is 2.13. The summed E-state index contributed by atoms with van der Waals surface area (Å²) in [6.07, 6.45) is 2.68. The lowest BCUT2D eigenvalue weighted by Gasteiger charge is -2.09. The van der Waals surface area contributed by atoms with Crippen LogP contribution < -0.4 is 0 Å². The van der Waals surface area contributed by atoms with E-state index in [2.05, 4.69) is 9.97 Å². The van der Waals surface area contributed by atoms with Crippen LogP contribution in [0.1, 0.15) is 11.4 Å². The van der Waals surface area contributed by atoms with Gasteiger partial charge in [0.15, 0.2) is 0 Å². The highest BCUT2D eigenvalue weighted by Crippen LogP contribution is 2.10. The van der Waals surface area contributed by atoms with Crippen molar-refractivity contribution in [2.24, 2.45) is 0 Å². The maximum atomic E-state index is 5.18. The van der Waals surface area contributed by atoms with Crippen LogP contribution in [0.2, 0.25) is 0 Å². The van der Waals surface area contributed by atoms with Crippen molar-refractivity contribution in [1.82, 2.24) is 9.97 Å². The lowest BCUT2D eigenvalue weighted by molar-refractivity contribution is 0.107. The molecule has 1 aromatic heterocycles. The van der Waals surface area contributed by atoms with Gasteiger partial charge in [-0.05, 0) is 0 Å². The summed E-state index contributed by atoms with van der Waals surface area (Å²) >= 11 is 0. The molecule has 0 bridgehead atoms. The fourth-order valence-electron chi connectivity index (χ4n) is 1.03. The number of hydrogen-bond acceptors (Lipinski definition) is 2. The van der Waals surface area contributed by atoms with Crippen molar-refractivity contribution in [3.8, 4) is 0 Å². The average Bonchev–Trinajstić information content (AvgIpc) is 2.33. The molecule has 0 amide bonds. The zero-order valence-corrected chi connectivity index (χ0v) is 5.05. The van der Waals surface area contributed by atoms with E-state index >= 15 is 0 Å². The molecule has 0 radical (unpaired) electrons. The quantitative estimate of drug-likeness (QED) is 0.546. The summed E-state index contributed by atoms with van der Waals surface area (Å²) in [5, 5.41) is 0. The second kappa shape index (κ2) is 1.84. The molecule has 48 valence electrons. The lowest BCUT2D eigenvalue weighted by Crippen LogP contribution is -2.08. The molecular weight excluding hydrogens is 116 g/mol. The molecule has 2 rings (SSSR count). The summed E-state index contributed by atoms with van der Waals surface area (Å²) in [6, 6.07) is 0. The van der Waals surface area contributed by atoms with Gasteiger partial charge in [-0.1, -0.05) is 0 Å². The zero-order valence-electron chi connectivity index (χ0n) is 5.05. The van der Waals surface area contributed by atoms with Gasteiger partial charge in [-0.25, -0.2) is 4.98 Å². The van der Waals surface area contributed by atoms with Gasteiger partial charge in [0.05, 0.1) is 30.9 Å². The first-order chi connectivity index (χ1) is 4.47. The summed E-state index contributed by atoms with van der Waals surface area (Å²) in [7, 11) is 0. The highest BCUT2D eigenvalue weighted by atomic mass is 16.5. The largest absolute Gasteiger partial charge is 0.375 e. The van der Waals surface area contributed by atoms with Gasteiger partial charge in [0, 0.05) is 6.42 Å². The SMILES string of the molecule is c1nc2c([nH]1)COCC2. The molecule has 0 atom stereocenters. The lowest BCUT2D eigenvalue weighted by atomic mass is 10.2. The van der Waals surface area contributed by atoms with E-state index in [0.717, 1.165) is 18.7 Å². The van der Waals surface area contributed by atoms with E-state index in [4.69, 9.17) is 4.74 Å². The minimum Gasteiger partial charge on any atom is -0.375 e. The maximum absolute atomic E-state index is 5.18. The zero-order chi connectivity index (χ0) is 6.10. The van der Waals surface area contributed by atoms with Crippen molar-refractivity contribution in [2.75, 3.05) is 6.61 Å². The van der Waals surface area contributed by atoms with Gasteiger partial charge in [0.1, 0.15) is 0 Å². The molecule has 9 heavy (non-hydrogen) atoms. The molecule has 0 saturated carbocycles. The van der Waals surface area contributed by atoms with Gasteiger partial charge < -0.3 is 9.72 Å². The van der Waals surface area contributed by atoms with Crippen molar-refractivity contribution in [2.45, 2.75) is 13.0 Å². The van der Waals surface area contributed by atoms with Gasteiger partial charge >= 0.3 is 0 Å². The van der Waals surface area contributed by atoms with Gasteiger partial charge in [0.25, 0.3) is 0 Å². The van der Waals surface area contributed by atoms with Crippen molar-refractivity contribution in [3.05, 3.63) is 17.7 Å². The number of hydrogen-bond donors (Lipinski definition) is 1. The first kappa shape index (κ1) is 4.99. The van der Waals surface area contributed by atoms with E-state index in [0.29, 0.717) is 6.61 Å². The molecule has 0 spiro atoms. The molecule has 1 aromatic rings. The summed E-state index contributed by atoms with van der Waals surface area (Å²) in [4.78, 5) is 7.14.